The molecule has 0 amide bonds. The Labute approximate surface area is 164 Å². The molecule has 0 bridgehead atoms. The molecular weight excluding hydrogens is 481 g/mol. The number of aliphatic hydroxyl groups excluding tert-OH is 2. The number of phosphoric ester groups is 1. The Morgan fingerprint density at radius 1 is 1.03 bits per heavy atom. The minimum absolute atomic E-state index is 0.0889. The topological polar surface area (TPSA) is 273 Å². The van der Waals surface area contributed by atoms with Crippen LogP contribution in [0.2, 0.25) is 0 Å². The molecule has 18 nitrogen and oxygen atoms in total. The fourth-order valence-corrected chi connectivity index (χ4v) is 5.52. The van der Waals surface area contributed by atoms with Crippen molar-refractivity contribution in [3.05, 3.63) is 23.0 Å². The minimum Gasteiger partial charge on any atom is -0.385 e. The number of aliphatic hydroxyl groups is 2. The predicted molar refractivity (Wildman–Crippen MR) is 89.0 cm³/mol. The highest BCUT2D eigenvalue weighted by atomic mass is 31.3. The molecule has 3 rings (SSSR count). The van der Waals surface area contributed by atoms with E-state index in [0.717, 1.165) is 17.2 Å². The van der Waals surface area contributed by atoms with E-state index in [1.54, 1.807) is 0 Å². The molecule has 0 aliphatic carbocycles. The monoisotopic (exact) mass is 494 g/mol. The third-order valence-electron chi connectivity index (χ3n) is 3.49. The average Bonchev–Trinajstić information content (AvgIpc) is 3.09. The van der Waals surface area contributed by atoms with E-state index in [0.29, 0.717) is 0 Å². The molecule has 0 radical (unpaired) electrons. The van der Waals surface area contributed by atoms with Crippen LogP contribution in [0, 0.1) is 0 Å². The fraction of sp³-hybridized carbons (Fsp3) is 0.444. The van der Waals surface area contributed by atoms with E-state index in [1.165, 1.54) is 0 Å². The summed E-state index contributed by atoms with van der Waals surface area (Å²) in [5, 5.41) is 20.2. The molecule has 0 aromatic carbocycles. The Kier molecular flexibility index (Phi) is 6.18. The van der Waals surface area contributed by atoms with Crippen LogP contribution in [0.1, 0.15) is 6.23 Å². The Hall–Kier alpha value is -1.36. The maximum atomic E-state index is 11.9. The predicted octanol–water partition coefficient (Wildman–Crippen LogP) is -1.96. The molecule has 3 heterocycles. The number of hydrogen-bond acceptors (Lipinski definition) is 12. The van der Waals surface area contributed by atoms with Crippen molar-refractivity contribution in [2.24, 2.45) is 0 Å². The molecule has 6 unspecified atom stereocenters. The lowest BCUT2D eigenvalue weighted by atomic mass is 10.2. The first-order chi connectivity index (χ1) is 13.7. The van der Waals surface area contributed by atoms with Gasteiger partial charge in [-0.2, -0.15) is 8.62 Å². The minimum atomic E-state index is -5.79. The normalized spacial score (nSPS) is 29.0. The number of fused-ring (bicyclic) bond motifs is 1. The number of nitrogens with one attached hydrogen (secondary N) is 1. The van der Waals surface area contributed by atoms with Crippen LogP contribution in [-0.2, 0) is 31.6 Å². The SMILES string of the molecule is O=c1[nH]cnc2c1ncn2C1OC(OP(=O)(O)OP(=O)(O)OP(=O)(O)O)C(O)C1O. The number of hydrogen-bond donors (Lipinski definition) is 7. The molecule has 2 aromatic rings. The van der Waals surface area contributed by atoms with Crippen LogP contribution in [0.3, 0.4) is 0 Å². The summed E-state index contributed by atoms with van der Waals surface area (Å²) in [6.45, 7) is 0. The highest BCUT2D eigenvalue weighted by Crippen LogP contribution is 2.66. The first kappa shape index (κ1) is 23.3. The summed E-state index contributed by atoms with van der Waals surface area (Å²) in [6.07, 6.45) is -5.52. The molecule has 2 aromatic heterocycles. The molecule has 0 saturated carbocycles. The second-order valence-electron chi connectivity index (χ2n) is 5.63. The molecule has 0 spiro atoms. The van der Waals surface area contributed by atoms with E-state index in [9.17, 15) is 33.6 Å². The van der Waals surface area contributed by atoms with Gasteiger partial charge in [0, 0.05) is 0 Å². The van der Waals surface area contributed by atoms with Crippen LogP contribution in [0.25, 0.3) is 11.2 Å². The standard InChI is InChI=1S/C9H13N4O14P3/c14-4-5(15)9(25-29(20,21)27-30(22,23)26-28(17,18)19)24-8(4)13-2-12-3-6(13)10-1-11-7(3)16/h1-2,4-5,8-9,14-15H,(H,20,21)(H,22,23)(H,10,11,16)(H2,17,18,19). The smallest absolute Gasteiger partial charge is 0.385 e. The number of aromatic amines is 1. The molecule has 1 aliphatic heterocycles. The number of nitrogens with zero attached hydrogens (tertiary/aromatic N) is 3. The molecule has 30 heavy (non-hydrogen) atoms. The van der Waals surface area contributed by atoms with E-state index in [-0.39, 0.29) is 11.2 Å². The van der Waals surface area contributed by atoms with E-state index >= 15 is 0 Å². The number of ether oxygens (including phenoxy) is 1. The maximum Gasteiger partial charge on any atom is 0.490 e. The molecular formula is C9H13N4O14P3. The largest absolute Gasteiger partial charge is 0.490 e. The molecule has 168 valence electrons. The third-order valence-corrected chi connectivity index (χ3v) is 7.29. The van der Waals surface area contributed by atoms with Crippen LogP contribution < -0.4 is 5.56 Å². The summed E-state index contributed by atoms with van der Waals surface area (Å²) in [4.78, 5) is 57.2. The number of phosphoric acid groups is 3. The summed E-state index contributed by atoms with van der Waals surface area (Å²) >= 11 is 0. The van der Waals surface area contributed by atoms with Crippen LogP contribution in [0.15, 0.2) is 17.4 Å². The van der Waals surface area contributed by atoms with Crippen molar-refractivity contribution >= 4 is 34.6 Å². The van der Waals surface area contributed by atoms with E-state index < -0.39 is 53.8 Å². The Morgan fingerprint density at radius 2 is 1.70 bits per heavy atom. The Morgan fingerprint density at radius 3 is 2.33 bits per heavy atom. The highest BCUT2D eigenvalue weighted by molar-refractivity contribution is 7.66. The van der Waals surface area contributed by atoms with E-state index in [4.69, 9.17) is 19.4 Å². The summed E-state index contributed by atoms with van der Waals surface area (Å²) in [5.74, 6) is 0. The van der Waals surface area contributed by atoms with E-state index in [2.05, 4.69) is 28.1 Å². The number of rotatable bonds is 7. The molecule has 21 heteroatoms. The number of H-pyrrole nitrogens is 1. The second-order valence-corrected chi connectivity index (χ2v) is 10.0. The zero-order valence-corrected chi connectivity index (χ0v) is 16.8. The first-order valence-electron chi connectivity index (χ1n) is 7.43. The Bertz CT molecular complexity index is 1140. The highest BCUT2D eigenvalue weighted by Gasteiger charge is 2.50. The lowest BCUT2D eigenvalue weighted by Crippen LogP contribution is -2.32. The number of aromatic nitrogens is 4. The maximum absolute atomic E-state index is 11.9. The summed E-state index contributed by atoms with van der Waals surface area (Å²) in [5.41, 5.74) is -0.871. The molecule has 6 atom stereocenters. The van der Waals surface area contributed by atoms with Gasteiger partial charge in [0.25, 0.3) is 5.56 Å². The number of imidazole rings is 1. The molecule has 1 aliphatic rings. The van der Waals surface area contributed by atoms with Crippen LogP contribution in [-0.4, -0.2) is 67.8 Å². The zero-order valence-electron chi connectivity index (χ0n) is 14.1. The van der Waals surface area contributed by atoms with Gasteiger partial charge in [-0.15, -0.1) is 0 Å². The lowest BCUT2D eigenvalue weighted by Gasteiger charge is -2.20. The van der Waals surface area contributed by atoms with Gasteiger partial charge in [-0.25, -0.2) is 23.7 Å². The third kappa shape index (κ3) is 5.09. The van der Waals surface area contributed by atoms with E-state index in [1.807, 2.05) is 0 Å². The van der Waals surface area contributed by atoms with Gasteiger partial charge in [0.1, 0.15) is 12.2 Å². The van der Waals surface area contributed by atoms with Gasteiger partial charge in [0.05, 0.1) is 12.7 Å². The van der Waals surface area contributed by atoms with Crippen LogP contribution in [0.5, 0.6) is 0 Å². The van der Waals surface area contributed by atoms with Gasteiger partial charge >= 0.3 is 23.5 Å². The van der Waals surface area contributed by atoms with Crippen molar-refractivity contribution < 1.29 is 61.4 Å². The van der Waals surface area contributed by atoms with Crippen LogP contribution in [0.4, 0.5) is 0 Å². The lowest BCUT2D eigenvalue weighted by molar-refractivity contribution is -0.133. The van der Waals surface area contributed by atoms with Crippen LogP contribution >= 0.6 is 23.5 Å². The van der Waals surface area contributed by atoms with Crippen molar-refractivity contribution in [3.63, 3.8) is 0 Å². The van der Waals surface area contributed by atoms with Gasteiger partial charge in [-0.05, 0) is 0 Å². The molecule has 1 fully saturated rings. The van der Waals surface area contributed by atoms with Crippen molar-refractivity contribution in [1.82, 2.24) is 19.5 Å². The average molecular weight is 494 g/mol. The second kappa shape index (κ2) is 7.96. The quantitative estimate of drug-likeness (QED) is 0.206. The molecule has 1 saturated heterocycles. The van der Waals surface area contributed by atoms with Gasteiger partial charge in [0.15, 0.2) is 23.7 Å². The van der Waals surface area contributed by atoms with Crippen molar-refractivity contribution in [2.45, 2.75) is 24.7 Å². The van der Waals surface area contributed by atoms with Crippen molar-refractivity contribution in [3.8, 4) is 0 Å². The van der Waals surface area contributed by atoms with Gasteiger partial charge in [0.2, 0.25) is 0 Å². The summed E-state index contributed by atoms with van der Waals surface area (Å²) in [6, 6.07) is 0. The van der Waals surface area contributed by atoms with Crippen molar-refractivity contribution in [2.75, 3.05) is 0 Å². The van der Waals surface area contributed by atoms with Gasteiger partial charge < -0.3 is 39.5 Å². The fourth-order valence-electron chi connectivity index (χ4n) is 2.42. The molecule has 7 N–H and O–H groups in total. The summed E-state index contributed by atoms with van der Waals surface area (Å²) in [7, 11) is -17.0. The summed E-state index contributed by atoms with van der Waals surface area (Å²) < 4.78 is 51.4. The first-order valence-corrected chi connectivity index (χ1v) is 12.0. The van der Waals surface area contributed by atoms with Gasteiger partial charge in [-0.3, -0.25) is 13.9 Å². The Balaban J connectivity index is 1.79. The van der Waals surface area contributed by atoms with Gasteiger partial charge in [-0.1, -0.05) is 0 Å². The van der Waals surface area contributed by atoms with Crippen molar-refractivity contribution in [1.29, 1.82) is 0 Å². The zero-order chi connectivity index (χ0) is 22.5.